The SMILES string of the molecule is CO[C@H](C(=O)[C@@H](O)[C@@H](C)O)[C@@H]1Cc2cc3cc(O[C@H]4C[C@H](O[C@H]5C[C@@H](O)[C@H](O)[C@@H](C)O5)[C@H](O)[C@@H](C)O4)c(C)c(O)c3c(O)c2C(=O)[C@H]1O[C@H]1C[C@@H](O[C@@H]2C[C@@H](O)[C@@H](O[C@H]3C[C@](C)(O)[C@H](O)[C@@H](C)O3)[C@@H](C)O2)[C@H](O)[C@@H](C)O1. The average Bonchev–Trinajstić information content (AvgIpc) is 3.38. The summed E-state index contributed by atoms with van der Waals surface area (Å²) in [4.78, 5) is 28.9. The van der Waals surface area contributed by atoms with Gasteiger partial charge in [-0.3, -0.25) is 9.59 Å². The summed E-state index contributed by atoms with van der Waals surface area (Å²) in [6.07, 6.45) is -26.9. The number of aromatic hydroxyl groups is 2. The van der Waals surface area contributed by atoms with E-state index in [1.807, 2.05) is 0 Å². The van der Waals surface area contributed by atoms with Crippen molar-refractivity contribution in [2.45, 2.75) is 241 Å². The Morgan fingerprint density at radius 2 is 1.24 bits per heavy atom. The largest absolute Gasteiger partial charge is 0.507 e. The highest BCUT2D eigenvalue weighted by Crippen LogP contribution is 2.47. The maximum absolute atomic E-state index is 15.0. The van der Waals surface area contributed by atoms with Gasteiger partial charge in [0.2, 0.25) is 6.29 Å². The lowest BCUT2D eigenvalue weighted by molar-refractivity contribution is -0.337. The lowest BCUT2D eigenvalue weighted by atomic mass is 9.75. The highest BCUT2D eigenvalue weighted by molar-refractivity contribution is 6.11. The summed E-state index contributed by atoms with van der Waals surface area (Å²) in [5.74, 6) is -4.06. The number of aliphatic hydroxyl groups excluding tert-OH is 8. The fourth-order valence-electron chi connectivity index (χ4n) is 11.4. The Kier molecular flexibility index (Phi) is 18.1. The van der Waals surface area contributed by atoms with Crippen molar-refractivity contribution in [2.75, 3.05) is 7.11 Å². The third-order valence-corrected chi connectivity index (χ3v) is 15.9. The van der Waals surface area contributed by atoms with E-state index in [0.29, 0.717) is 0 Å². The zero-order chi connectivity index (χ0) is 55.6. The first-order chi connectivity index (χ1) is 35.7. The van der Waals surface area contributed by atoms with Crippen LogP contribution in [0.25, 0.3) is 10.8 Å². The van der Waals surface area contributed by atoms with Gasteiger partial charge in [0.1, 0.15) is 66.1 Å². The number of ketones is 2. The van der Waals surface area contributed by atoms with Crippen LogP contribution in [0, 0.1) is 12.8 Å². The normalized spacial score (nSPS) is 42.5. The van der Waals surface area contributed by atoms with Gasteiger partial charge in [-0.2, -0.15) is 0 Å². The molecule has 8 rings (SSSR count). The third kappa shape index (κ3) is 11.9. The van der Waals surface area contributed by atoms with Gasteiger partial charge in [-0.25, -0.2) is 0 Å². The van der Waals surface area contributed by atoms with Crippen molar-refractivity contribution in [3.8, 4) is 17.2 Å². The molecule has 1 aliphatic carbocycles. The first-order valence-corrected chi connectivity index (χ1v) is 26.0. The quantitative estimate of drug-likeness (QED) is 0.110. The van der Waals surface area contributed by atoms with Crippen LogP contribution in [0.2, 0.25) is 0 Å². The second kappa shape index (κ2) is 23.4. The molecule has 76 heavy (non-hydrogen) atoms. The second-order valence-electron chi connectivity index (χ2n) is 21.7. The first-order valence-electron chi connectivity index (χ1n) is 26.0. The van der Waals surface area contributed by atoms with Gasteiger partial charge in [-0.05, 0) is 84.9 Å². The van der Waals surface area contributed by atoms with E-state index in [2.05, 4.69) is 0 Å². The lowest BCUT2D eigenvalue weighted by Crippen LogP contribution is -2.58. The van der Waals surface area contributed by atoms with Crippen LogP contribution < -0.4 is 4.74 Å². The summed E-state index contributed by atoms with van der Waals surface area (Å²) < 4.78 is 66.4. The summed E-state index contributed by atoms with van der Waals surface area (Å²) in [6.45, 7) is 12.1. The molecular formula is C52H76O24. The van der Waals surface area contributed by atoms with Crippen molar-refractivity contribution in [3.05, 3.63) is 28.8 Å². The van der Waals surface area contributed by atoms with Gasteiger partial charge in [-0.1, -0.05) is 0 Å². The number of phenols is 2. The molecule has 2 aromatic carbocycles. The highest BCUT2D eigenvalue weighted by atomic mass is 16.7. The van der Waals surface area contributed by atoms with Crippen LogP contribution in [-0.4, -0.2) is 222 Å². The molecule has 0 bridgehead atoms. The van der Waals surface area contributed by atoms with Crippen LogP contribution in [0.1, 0.15) is 102 Å². The molecule has 6 aliphatic rings. The maximum Gasteiger partial charge on any atom is 0.202 e. The van der Waals surface area contributed by atoms with Gasteiger partial charge in [0.25, 0.3) is 0 Å². The third-order valence-electron chi connectivity index (χ3n) is 15.9. The Labute approximate surface area is 439 Å². The lowest BCUT2D eigenvalue weighted by Gasteiger charge is -2.46. The minimum absolute atomic E-state index is 0.0355. The fourth-order valence-corrected chi connectivity index (χ4v) is 11.4. The molecule has 11 N–H and O–H groups in total. The smallest absolute Gasteiger partial charge is 0.202 e. The van der Waals surface area contributed by atoms with Crippen LogP contribution in [-0.2, 0) is 58.6 Å². The number of methoxy groups -OCH3 is 1. The number of Topliss-reactive ketones (excluding diaryl/α,β-unsaturated/α-hetero) is 2. The summed E-state index contributed by atoms with van der Waals surface area (Å²) >= 11 is 0. The van der Waals surface area contributed by atoms with Crippen molar-refractivity contribution in [1.29, 1.82) is 0 Å². The van der Waals surface area contributed by atoms with Crippen LogP contribution in [0.4, 0.5) is 0 Å². The molecule has 5 heterocycles. The summed E-state index contributed by atoms with van der Waals surface area (Å²) in [7, 11) is 1.18. The van der Waals surface area contributed by atoms with E-state index in [1.165, 1.54) is 46.9 Å². The molecule has 24 heteroatoms. The topological polar surface area (TPSA) is 358 Å². The summed E-state index contributed by atoms with van der Waals surface area (Å²) in [5.41, 5.74) is -1.44. The van der Waals surface area contributed by atoms with E-state index < -0.39 is 176 Å². The number of hydrogen-bond donors (Lipinski definition) is 11. The summed E-state index contributed by atoms with van der Waals surface area (Å²) in [6, 6.07) is 3.03. The van der Waals surface area contributed by atoms with Crippen LogP contribution >= 0.6 is 0 Å². The number of carbonyl (C=O) groups is 2. The van der Waals surface area contributed by atoms with Crippen LogP contribution in [0.3, 0.4) is 0 Å². The van der Waals surface area contributed by atoms with Crippen LogP contribution in [0.5, 0.6) is 17.2 Å². The van der Waals surface area contributed by atoms with E-state index in [1.54, 1.807) is 27.7 Å². The molecular weight excluding hydrogens is 1010 g/mol. The number of carbonyl (C=O) groups excluding carboxylic acids is 2. The van der Waals surface area contributed by atoms with E-state index in [4.69, 9.17) is 52.1 Å². The van der Waals surface area contributed by atoms with Gasteiger partial charge >= 0.3 is 0 Å². The van der Waals surface area contributed by atoms with Crippen molar-refractivity contribution < 1.29 is 118 Å². The Bertz CT molecular complexity index is 2340. The number of aliphatic hydroxyl groups is 9. The molecule has 2 aromatic rings. The second-order valence-corrected chi connectivity index (χ2v) is 21.7. The van der Waals surface area contributed by atoms with Crippen molar-refractivity contribution >= 4 is 22.3 Å². The predicted octanol–water partition coefficient (Wildman–Crippen LogP) is -0.249. The van der Waals surface area contributed by atoms with Gasteiger partial charge in [-0.15, -0.1) is 0 Å². The molecule has 5 fully saturated rings. The van der Waals surface area contributed by atoms with Gasteiger partial charge in [0.05, 0.1) is 77.6 Å². The highest BCUT2D eigenvalue weighted by Gasteiger charge is 2.51. The standard InChI is InChI=1S/C52H76O24/c1-18-30(72-35-15-31(43(59)21(4)68-35)73-33-13-28(54)42(58)20(3)67-33)12-26-10-25-11-27(49(66-9)47(63)41(57)19(2)53)50(46(62)39(25)45(61)38(26)40(18)56)75-36-16-32(44(60)22(5)69-36)74-34-14-29(55)48(23(6)70-34)76-37-17-52(8,65)51(64)24(7)71-37/h10,12,19-24,27-29,31-37,41-44,48-51,53-61,64-65H,11,13-17H2,1-9H3/t19-,20-,21-,22-,23-,24-,27+,28-,29-,31+,32-,33+,34-,35+,36+,37+,41+,42-,43-,44-,48+,49+,50+,51-,52+/m1/s1. The zero-order valence-corrected chi connectivity index (χ0v) is 44.0. The molecule has 0 saturated carbocycles. The number of ether oxygens (including phenoxy) is 11. The molecule has 0 amide bonds. The minimum atomic E-state index is -1.94. The number of hydrogen-bond acceptors (Lipinski definition) is 24. The molecule has 428 valence electrons. The molecule has 0 radical (unpaired) electrons. The fraction of sp³-hybridized carbons (Fsp3) is 0.769. The minimum Gasteiger partial charge on any atom is -0.507 e. The Hall–Kier alpha value is -3.32. The number of benzene rings is 2. The Morgan fingerprint density at radius 3 is 1.80 bits per heavy atom. The molecule has 24 nitrogen and oxygen atoms in total. The Morgan fingerprint density at radius 1 is 0.697 bits per heavy atom. The van der Waals surface area contributed by atoms with E-state index in [0.717, 1.165) is 0 Å². The van der Waals surface area contributed by atoms with Gasteiger partial charge in [0.15, 0.2) is 36.7 Å². The maximum atomic E-state index is 15.0. The van der Waals surface area contributed by atoms with Crippen molar-refractivity contribution in [3.63, 3.8) is 0 Å². The zero-order valence-electron chi connectivity index (χ0n) is 44.0. The van der Waals surface area contributed by atoms with E-state index in [9.17, 15) is 65.8 Å². The van der Waals surface area contributed by atoms with Gasteiger partial charge in [0, 0.05) is 50.7 Å². The Balaban J connectivity index is 1.02. The van der Waals surface area contributed by atoms with E-state index in [-0.39, 0.29) is 71.7 Å². The van der Waals surface area contributed by atoms with Crippen molar-refractivity contribution in [2.24, 2.45) is 5.92 Å². The molecule has 5 saturated heterocycles. The number of fused-ring (bicyclic) bond motifs is 2. The first kappa shape index (κ1) is 58.8. The predicted molar refractivity (Wildman–Crippen MR) is 259 cm³/mol. The molecule has 0 aromatic heterocycles. The monoisotopic (exact) mass is 1080 g/mol. The molecule has 25 atom stereocenters. The molecule has 0 spiro atoms. The molecule has 5 aliphatic heterocycles. The van der Waals surface area contributed by atoms with Crippen LogP contribution in [0.15, 0.2) is 12.1 Å². The van der Waals surface area contributed by atoms with E-state index >= 15 is 0 Å². The average molecular weight is 1090 g/mol. The summed E-state index contributed by atoms with van der Waals surface area (Å²) in [5, 5.41) is 120. The number of phenolic OH excluding ortho intramolecular Hbond substituents is 2. The van der Waals surface area contributed by atoms with Crippen molar-refractivity contribution in [1.82, 2.24) is 0 Å². The number of rotatable bonds is 15. The van der Waals surface area contributed by atoms with Gasteiger partial charge < -0.3 is 108 Å². The molecule has 0 unspecified atom stereocenters.